The zero-order valence-corrected chi connectivity index (χ0v) is 12.5. The third-order valence-corrected chi connectivity index (χ3v) is 3.89. The van der Waals surface area contributed by atoms with Gasteiger partial charge in [-0.3, -0.25) is 0 Å². The highest BCUT2D eigenvalue weighted by Gasteiger charge is 2.17. The van der Waals surface area contributed by atoms with Crippen molar-refractivity contribution in [1.82, 2.24) is 0 Å². The molecule has 0 radical (unpaired) electrons. The van der Waals surface area contributed by atoms with Crippen molar-refractivity contribution in [3.05, 3.63) is 58.9 Å². The van der Waals surface area contributed by atoms with Gasteiger partial charge in [-0.15, -0.1) is 0 Å². The fraction of sp³-hybridized carbons (Fsp3) is 0.333. The largest absolute Gasteiger partial charge is 0.494 e. The van der Waals surface area contributed by atoms with Gasteiger partial charge >= 0.3 is 0 Å². The molecule has 0 aliphatic carbocycles. The summed E-state index contributed by atoms with van der Waals surface area (Å²) in [5.74, 6) is 0.772. The van der Waals surface area contributed by atoms with Gasteiger partial charge in [0.25, 0.3) is 0 Å². The molecule has 0 bridgehead atoms. The molecule has 0 aromatic heterocycles. The molecule has 110 valence electrons. The Kier molecular flexibility index (Phi) is 3.82. The summed E-state index contributed by atoms with van der Waals surface area (Å²) >= 11 is 0. The van der Waals surface area contributed by atoms with Crippen molar-refractivity contribution in [2.24, 2.45) is 0 Å². The summed E-state index contributed by atoms with van der Waals surface area (Å²) in [4.78, 5) is 2.33. The summed E-state index contributed by atoms with van der Waals surface area (Å²) in [6, 6.07) is 11.4. The first-order chi connectivity index (χ1) is 10.2. The van der Waals surface area contributed by atoms with E-state index in [1.807, 2.05) is 13.0 Å². The Balaban J connectivity index is 1.87. The number of hydrogen-bond acceptors (Lipinski definition) is 2. The highest BCUT2D eigenvalue weighted by atomic mass is 19.1. The predicted molar refractivity (Wildman–Crippen MR) is 83.5 cm³/mol. The van der Waals surface area contributed by atoms with Gasteiger partial charge in [0.15, 0.2) is 0 Å². The molecule has 3 rings (SSSR count). The number of hydrogen-bond donors (Lipinski definition) is 0. The molecule has 0 N–H and O–H groups in total. The summed E-state index contributed by atoms with van der Waals surface area (Å²) in [5, 5.41) is 0. The van der Waals surface area contributed by atoms with Crippen LogP contribution in [0.4, 0.5) is 10.1 Å². The van der Waals surface area contributed by atoms with Crippen molar-refractivity contribution >= 4 is 5.69 Å². The maximum absolute atomic E-state index is 13.3. The highest BCUT2D eigenvalue weighted by molar-refractivity contribution is 5.55. The molecule has 0 fully saturated rings. The van der Waals surface area contributed by atoms with Gasteiger partial charge in [0, 0.05) is 24.8 Å². The number of halogens is 1. The van der Waals surface area contributed by atoms with Crippen LogP contribution in [0.1, 0.15) is 23.6 Å². The van der Waals surface area contributed by atoms with Gasteiger partial charge in [0.2, 0.25) is 0 Å². The van der Waals surface area contributed by atoms with Crippen LogP contribution < -0.4 is 9.64 Å². The van der Waals surface area contributed by atoms with E-state index in [0.717, 1.165) is 30.8 Å². The number of rotatable bonds is 3. The Morgan fingerprint density at radius 1 is 1.14 bits per heavy atom. The van der Waals surface area contributed by atoms with Crippen LogP contribution in [-0.2, 0) is 13.0 Å². The van der Waals surface area contributed by atoms with Gasteiger partial charge in [-0.05, 0) is 61.2 Å². The summed E-state index contributed by atoms with van der Waals surface area (Å²) in [7, 11) is 0. The van der Waals surface area contributed by atoms with Gasteiger partial charge in [0.05, 0.1) is 6.61 Å². The SMILES string of the molecule is CCOc1cc(C)cc(N2CCc3cc(F)ccc3C2)c1. The topological polar surface area (TPSA) is 12.5 Å². The van der Waals surface area contributed by atoms with Crippen LogP contribution in [0.3, 0.4) is 0 Å². The quantitative estimate of drug-likeness (QED) is 0.842. The second-order valence-corrected chi connectivity index (χ2v) is 5.52. The maximum atomic E-state index is 13.3. The maximum Gasteiger partial charge on any atom is 0.123 e. The number of aryl methyl sites for hydroxylation is 1. The molecular weight excluding hydrogens is 265 g/mol. The van der Waals surface area contributed by atoms with Crippen LogP contribution in [-0.4, -0.2) is 13.2 Å². The minimum absolute atomic E-state index is 0.142. The Labute approximate surface area is 125 Å². The molecule has 1 heterocycles. The van der Waals surface area contributed by atoms with E-state index in [9.17, 15) is 4.39 Å². The lowest BCUT2D eigenvalue weighted by molar-refractivity contribution is 0.340. The molecule has 3 heteroatoms. The Hall–Kier alpha value is -2.03. The summed E-state index contributed by atoms with van der Waals surface area (Å²) in [6.45, 7) is 6.48. The minimum Gasteiger partial charge on any atom is -0.494 e. The van der Waals surface area contributed by atoms with E-state index in [1.54, 1.807) is 12.1 Å². The Morgan fingerprint density at radius 3 is 2.81 bits per heavy atom. The Bertz CT molecular complexity index is 654. The van der Waals surface area contributed by atoms with Crippen LogP contribution in [0.15, 0.2) is 36.4 Å². The molecule has 0 amide bonds. The van der Waals surface area contributed by atoms with Crippen LogP contribution in [0.25, 0.3) is 0 Å². The van der Waals surface area contributed by atoms with Crippen molar-refractivity contribution in [1.29, 1.82) is 0 Å². The second-order valence-electron chi connectivity index (χ2n) is 5.52. The number of benzene rings is 2. The fourth-order valence-electron chi connectivity index (χ4n) is 2.90. The molecule has 1 aliphatic rings. The van der Waals surface area contributed by atoms with E-state index < -0.39 is 0 Å². The lowest BCUT2D eigenvalue weighted by Gasteiger charge is -2.31. The van der Waals surface area contributed by atoms with E-state index >= 15 is 0 Å². The van der Waals surface area contributed by atoms with Crippen LogP contribution in [0.5, 0.6) is 5.75 Å². The van der Waals surface area contributed by atoms with Crippen molar-refractivity contribution < 1.29 is 9.13 Å². The minimum atomic E-state index is -0.142. The van der Waals surface area contributed by atoms with Gasteiger partial charge in [-0.1, -0.05) is 6.07 Å². The molecule has 21 heavy (non-hydrogen) atoms. The van der Waals surface area contributed by atoms with Crippen molar-refractivity contribution in [2.45, 2.75) is 26.8 Å². The molecule has 0 saturated heterocycles. The average Bonchev–Trinajstić information content (AvgIpc) is 2.46. The van der Waals surface area contributed by atoms with Gasteiger partial charge < -0.3 is 9.64 Å². The number of ether oxygens (including phenoxy) is 1. The van der Waals surface area contributed by atoms with Crippen LogP contribution in [0, 0.1) is 12.7 Å². The molecule has 2 aromatic carbocycles. The van der Waals surface area contributed by atoms with Crippen molar-refractivity contribution in [3.63, 3.8) is 0 Å². The molecule has 0 atom stereocenters. The normalized spacial score (nSPS) is 14.0. The monoisotopic (exact) mass is 285 g/mol. The van der Waals surface area contributed by atoms with E-state index in [-0.39, 0.29) is 5.82 Å². The number of nitrogens with zero attached hydrogens (tertiary/aromatic N) is 1. The third kappa shape index (κ3) is 3.02. The van der Waals surface area contributed by atoms with E-state index in [1.165, 1.54) is 16.8 Å². The number of fused-ring (bicyclic) bond motifs is 1. The zero-order chi connectivity index (χ0) is 14.8. The zero-order valence-electron chi connectivity index (χ0n) is 12.5. The first-order valence-electron chi connectivity index (χ1n) is 7.42. The fourth-order valence-corrected chi connectivity index (χ4v) is 2.90. The van der Waals surface area contributed by atoms with E-state index in [2.05, 4.69) is 30.0 Å². The van der Waals surface area contributed by atoms with Crippen molar-refractivity contribution in [3.8, 4) is 5.75 Å². The lowest BCUT2D eigenvalue weighted by atomic mass is 9.99. The third-order valence-electron chi connectivity index (χ3n) is 3.89. The second kappa shape index (κ2) is 5.76. The molecule has 0 unspecified atom stereocenters. The van der Waals surface area contributed by atoms with Crippen LogP contribution >= 0.6 is 0 Å². The summed E-state index contributed by atoms with van der Waals surface area (Å²) < 4.78 is 18.9. The summed E-state index contributed by atoms with van der Waals surface area (Å²) in [5.41, 5.74) is 4.71. The smallest absolute Gasteiger partial charge is 0.123 e. The first kappa shape index (κ1) is 13.9. The van der Waals surface area contributed by atoms with Crippen LogP contribution in [0.2, 0.25) is 0 Å². The van der Waals surface area contributed by atoms with Gasteiger partial charge in [-0.2, -0.15) is 0 Å². The predicted octanol–water partition coefficient (Wildman–Crippen LogP) is 4.10. The van der Waals surface area contributed by atoms with Crippen molar-refractivity contribution in [2.75, 3.05) is 18.1 Å². The lowest BCUT2D eigenvalue weighted by Crippen LogP contribution is -2.30. The standard InChI is InChI=1S/C18H20FNO/c1-3-21-18-9-13(2)8-17(11-18)20-7-6-14-10-16(19)5-4-15(14)12-20/h4-5,8-11H,3,6-7,12H2,1-2H3. The number of anilines is 1. The van der Waals surface area contributed by atoms with E-state index in [0.29, 0.717) is 6.61 Å². The highest BCUT2D eigenvalue weighted by Crippen LogP contribution is 2.29. The average molecular weight is 285 g/mol. The molecule has 2 aromatic rings. The Morgan fingerprint density at radius 2 is 2.00 bits per heavy atom. The van der Waals surface area contributed by atoms with Gasteiger partial charge in [-0.25, -0.2) is 4.39 Å². The molecular formula is C18H20FNO. The molecule has 2 nitrogen and oxygen atoms in total. The summed E-state index contributed by atoms with van der Waals surface area (Å²) in [6.07, 6.45) is 0.880. The first-order valence-corrected chi connectivity index (χ1v) is 7.42. The molecule has 0 saturated carbocycles. The van der Waals surface area contributed by atoms with Gasteiger partial charge in [0.1, 0.15) is 11.6 Å². The molecule has 1 aliphatic heterocycles. The molecule has 0 spiro atoms. The van der Waals surface area contributed by atoms with E-state index in [4.69, 9.17) is 4.74 Å².